The Hall–Kier alpha value is -1.63. The zero-order chi connectivity index (χ0) is 15.8. The van der Waals surface area contributed by atoms with Crippen molar-refractivity contribution in [2.45, 2.75) is 30.4 Å². The molecule has 0 aliphatic heterocycles. The van der Waals surface area contributed by atoms with Crippen LogP contribution in [-0.4, -0.2) is 30.9 Å². The smallest absolute Gasteiger partial charge is 0.324 e. The lowest BCUT2D eigenvalue weighted by Crippen LogP contribution is -2.26. The average Bonchev–Trinajstić information content (AvgIpc) is 2.41. The van der Waals surface area contributed by atoms with Gasteiger partial charge in [0.15, 0.2) is 5.92 Å². The van der Waals surface area contributed by atoms with E-state index >= 15 is 0 Å². The Morgan fingerprint density at radius 2 is 1.52 bits per heavy atom. The highest BCUT2D eigenvalue weighted by Crippen LogP contribution is 2.27. The predicted molar refractivity (Wildman–Crippen MR) is 74.3 cm³/mol. The molecule has 0 amide bonds. The van der Waals surface area contributed by atoms with Gasteiger partial charge in [0.2, 0.25) is 0 Å². The highest BCUT2D eigenvalue weighted by molar-refractivity contribution is 7.99. The maximum atomic E-state index is 12.3. The molecule has 0 atom stereocenters. The number of ether oxygens (including phenoxy) is 2. The van der Waals surface area contributed by atoms with Crippen LogP contribution in [-0.2, 0) is 19.1 Å². The maximum absolute atomic E-state index is 12.3. The molecule has 21 heavy (non-hydrogen) atoms. The van der Waals surface area contributed by atoms with Crippen LogP contribution in [0.15, 0.2) is 29.2 Å². The Morgan fingerprint density at radius 1 is 1.05 bits per heavy atom. The van der Waals surface area contributed by atoms with E-state index in [0.29, 0.717) is 22.2 Å². The molecule has 0 aliphatic rings. The molecule has 0 N–H and O–H groups in total. The van der Waals surface area contributed by atoms with E-state index in [-0.39, 0.29) is 13.2 Å². The van der Waals surface area contributed by atoms with Gasteiger partial charge in [0, 0.05) is 4.90 Å². The molecule has 0 saturated carbocycles. The van der Waals surface area contributed by atoms with Gasteiger partial charge < -0.3 is 9.47 Å². The van der Waals surface area contributed by atoms with Crippen molar-refractivity contribution in [2.75, 3.05) is 13.2 Å². The minimum absolute atomic E-state index is 0.133. The molecule has 0 saturated heterocycles. The number of carbonyl (C=O) groups is 2. The maximum Gasteiger partial charge on any atom is 0.324 e. The first-order chi connectivity index (χ1) is 9.99. The summed E-state index contributed by atoms with van der Waals surface area (Å²) < 4.78 is 34.2. The van der Waals surface area contributed by atoms with Gasteiger partial charge in [-0.1, -0.05) is 23.9 Å². The number of carbonyl (C=O) groups excluding carboxylic acids is 2. The van der Waals surface area contributed by atoms with Crippen molar-refractivity contribution in [1.29, 1.82) is 0 Å². The van der Waals surface area contributed by atoms with E-state index in [0.717, 1.165) is 0 Å². The van der Waals surface area contributed by atoms with Crippen LogP contribution in [0.25, 0.3) is 0 Å². The molecule has 116 valence electrons. The van der Waals surface area contributed by atoms with E-state index in [1.807, 2.05) is 0 Å². The van der Waals surface area contributed by atoms with Crippen molar-refractivity contribution in [3.8, 4) is 0 Å². The zero-order valence-corrected chi connectivity index (χ0v) is 12.5. The number of halogens is 2. The minimum Gasteiger partial charge on any atom is -0.465 e. The first-order valence-corrected chi connectivity index (χ1v) is 7.25. The second-order valence-corrected chi connectivity index (χ2v) is 4.95. The van der Waals surface area contributed by atoms with E-state index in [1.165, 1.54) is 24.3 Å². The van der Waals surface area contributed by atoms with Crippen LogP contribution in [0, 0.1) is 0 Å². The van der Waals surface area contributed by atoms with Crippen LogP contribution in [0.1, 0.15) is 25.3 Å². The first-order valence-electron chi connectivity index (χ1n) is 6.37. The lowest BCUT2D eigenvalue weighted by Gasteiger charge is -2.15. The third-order valence-corrected chi connectivity index (χ3v) is 3.21. The molecule has 0 spiro atoms. The van der Waals surface area contributed by atoms with Crippen molar-refractivity contribution in [2.24, 2.45) is 0 Å². The van der Waals surface area contributed by atoms with Gasteiger partial charge in [-0.3, -0.25) is 9.59 Å². The van der Waals surface area contributed by atoms with Crippen molar-refractivity contribution in [3.05, 3.63) is 29.8 Å². The SMILES string of the molecule is CCOC(=O)C(C(=O)OCC)c1ccc(SC(F)F)cc1. The van der Waals surface area contributed by atoms with Crippen molar-refractivity contribution in [1.82, 2.24) is 0 Å². The second kappa shape index (κ2) is 8.61. The van der Waals surface area contributed by atoms with E-state index in [1.54, 1.807) is 13.8 Å². The summed E-state index contributed by atoms with van der Waals surface area (Å²) in [6.45, 7) is 3.52. The molecule has 0 bridgehead atoms. The summed E-state index contributed by atoms with van der Waals surface area (Å²) in [6, 6.07) is 5.75. The van der Waals surface area contributed by atoms with Gasteiger partial charge in [-0.25, -0.2) is 0 Å². The standard InChI is InChI=1S/C14H16F2O4S/c1-3-19-12(17)11(13(18)20-4-2)9-5-7-10(8-6-9)21-14(15)16/h5-8,11,14H,3-4H2,1-2H3. The number of benzene rings is 1. The highest BCUT2D eigenvalue weighted by Gasteiger charge is 2.31. The first kappa shape index (κ1) is 17.4. The molecule has 0 unspecified atom stereocenters. The van der Waals surface area contributed by atoms with E-state index in [4.69, 9.17) is 9.47 Å². The molecular formula is C14H16F2O4S. The Labute approximate surface area is 125 Å². The van der Waals surface area contributed by atoms with Gasteiger partial charge >= 0.3 is 11.9 Å². The molecule has 0 aliphatic carbocycles. The van der Waals surface area contributed by atoms with Crippen LogP contribution in [0.5, 0.6) is 0 Å². The number of thioether (sulfide) groups is 1. The molecule has 1 rings (SSSR count). The summed E-state index contributed by atoms with van der Waals surface area (Å²) in [5.74, 6) is -5.16. The molecule has 0 radical (unpaired) electrons. The fourth-order valence-corrected chi connectivity index (χ4v) is 2.16. The zero-order valence-electron chi connectivity index (χ0n) is 11.7. The molecule has 1 aromatic rings. The predicted octanol–water partition coefficient (Wildman–Crippen LogP) is 3.21. The van der Waals surface area contributed by atoms with E-state index < -0.39 is 23.6 Å². The van der Waals surface area contributed by atoms with Gasteiger partial charge in [0.25, 0.3) is 5.76 Å². The van der Waals surface area contributed by atoms with Crippen LogP contribution in [0.4, 0.5) is 8.78 Å². The lowest BCUT2D eigenvalue weighted by atomic mass is 9.99. The van der Waals surface area contributed by atoms with E-state index in [9.17, 15) is 18.4 Å². The number of alkyl halides is 2. The molecule has 0 aromatic heterocycles. The fourth-order valence-electron chi connectivity index (χ4n) is 1.66. The fraction of sp³-hybridized carbons (Fsp3) is 0.429. The van der Waals surface area contributed by atoms with Gasteiger partial charge in [-0.05, 0) is 31.5 Å². The summed E-state index contributed by atoms with van der Waals surface area (Å²) in [6.07, 6.45) is 0. The van der Waals surface area contributed by atoms with Crippen LogP contribution in [0.3, 0.4) is 0 Å². The third-order valence-electron chi connectivity index (χ3n) is 2.48. The Kier molecular flexibility index (Phi) is 7.14. The third kappa shape index (κ3) is 5.34. The summed E-state index contributed by atoms with van der Waals surface area (Å²) in [5.41, 5.74) is 0.352. The van der Waals surface area contributed by atoms with E-state index in [2.05, 4.69) is 0 Å². The minimum atomic E-state index is -2.53. The van der Waals surface area contributed by atoms with Crippen molar-refractivity contribution >= 4 is 23.7 Å². The molecule has 0 heterocycles. The van der Waals surface area contributed by atoms with Gasteiger partial charge in [0.1, 0.15) is 0 Å². The topological polar surface area (TPSA) is 52.6 Å². The number of hydrogen-bond donors (Lipinski definition) is 0. The molecule has 1 aromatic carbocycles. The number of hydrogen-bond acceptors (Lipinski definition) is 5. The van der Waals surface area contributed by atoms with Crippen molar-refractivity contribution < 1.29 is 27.8 Å². The van der Waals surface area contributed by atoms with Crippen molar-refractivity contribution in [3.63, 3.8) is 0 Å². The summed E-state index contributed by atoms with van der Waals surface area (Å²) in [7, 11) is 0. The molecule has 4 nitrogen and oxygen atoms in total. The van der Waals surface area contributed by atoms with Crippen LogP contribution in [0.2, 0.25) is 0 Å². The summed E-state index contributed by atoms with van der Waals surface area (Å²) in [4.78, 5) is 24.1. The number of esters is 2. The largest absolute Gasteiger partial charge is 0.465 e. The van der Waals surface area contributed by atoms with Gasteiger partial charge in [0.05, 0.1) is 13.2 Å². The van der Waals surface area contributed by atoms with Crippen LogP contribution < -0.4 is 0 Å². The number of rotatable bonds is 7. The molecular weight excluding hydrogens is 302 g/mol. The monoisotopic (exact) mass is 318 g/mol. The average molecular weight is 318 g/mol. The van der Waals surface area contributed by atoms with Crippen LogP contribution >= 0.6 is 11.8 Å². The highest BCUT2D eigenvalue weighted by atomic mass is 32.2. The summed E-state index contributed by atoms with van der Waals surface area (Å²) in [5, 5.41) is 0. The lowest BCUT2D eigenvalue weighted by molar-refractivity contribution is -0.156. The molecule has 0 fully saturated rings. The molecule has 7 heteroatoms. The Balaban J connectivity index is 2.97. The Morgan fingerprint density at radius 3 is 1.90 bits per heavy atom. The van der Waals surface area contributed by atoms with Gasteiger partial charge in [-0.2, -0.15) is 8.78 Å². The summed E-state index contributed by atoms with van der Waals surface area (Å²) >= 11 is 0.390. The second-order valence-electron chi connectivity index (χ2n) is 3.88. The normalized spacial score (nSPS) is 10.8. The Bertz CT molecular complexity index is 458. The quantitative estimate of drug-likeness (QED) is 0.439. The van der Waals surface area contributed by atoms with Gasteiger partial charge in [-0.15, -0.1) is 0 Å².